The van der Waals surface area contributed by atoms with Crippen molar-refractivity contribution in [2.45, 2.75) is 31.3 Å². The number of hydrogen-bond acceptors (Lipinski definition) is 3. The summed E-state index contributed by atoms with van der Waals surface area (Å²) in [5.74, 6) is 0.611. The van der Waals surface area contributed by atoms with Gasteiger partial charge in [0.2, 0.25) is 5.91 Å². The number of imidazole rings is 1. The Bertz CT molecular complexity index is 489. The maximum absolute atomic E-state index is 12.2. The molecule has 2 aliphatic rings. The van der Waals surface area contributed by atoms with Gasteiger partial charge in [0.05, 0.1) is 11.9 Å². The van der Waals surface area contributed by atoms with Crippen LogP contribution in [0.3, 0.4) is 0 Å². The van der Waals surface area contributed by atoms with Crippen LogP contribution in [0.15, 0.2) is 18.7 Å². The van der Waals surface area contributed by atoms with E-state index in [-0.39, 0.29) is 11.4 Å². The number of carbonyl (C=O) groups excluding carboxylic acids is 1. The Morgan fingerprint density at radius 3 is 2.85 bits per heavy atom. The van der Waals surface area contributed by atoms with Gasteiger partial charge in [0.1, 0.15) is 0 Å². The first-order chi connectivity index (χ1) is 9.67. The Hall–Kier alpha value is -2.05. The number of aryl methyl sites for hydroxylation is 1. The van der Waals surface area contributed by atoms with Crippen molar-refractivity contribution in [2.24, 2.45) is 0 Å². The highest BCUT2D eigenvalue weighted by atomic mass is 16.2. The van der Waals surface area contributed by atoms with Crippen molar-refractivity contribution in [3.05, 3.63) is 18.7 Å². The zero-order chi connectivity index (χ0) is 14.0. The van der Waals surface area contributed by atoms with Crippen LogP contribution in [0.5, 0.6) is 0 Å². The smallest absolute Gasteiger partial charge is 0.224 e. The summed E-state index contributed by atoms with van der Waals surface area (Å²) >= 11 is 0. The number of likely N-dealkylation sites (tertiary alicyclic amines) is 1. The number of carbonyl (C=O) groups is 1. The molecule has 0 bridgehead atoms. The second-order valence-electron chi connectivity index (χ2n) is 5.57. The van der Waals surface area contributed by atoms with Gasteiger partial charge >= 0.3 is 0 Å². The van der Waals surface area contributed by atoms with Crippen molar-refractivity contribution in [2.75, 3.05) is 19.6 Å². The van der Waals surface area contributed by atoms with Gasteiger partial charge < -0.3 is 20.1 Å². The Kier molecular flexibility index (Phi) is 3.33. The van der Waals surface area contributed by atoms with E-state index in [0.29, 0.717) is 18.9 Å². The topological polar surface area (TPSA) is 86.0 Å². The molecule has 1 aromatic heterocycles. The van der Waals surface area contributed by atoms with Gasteiger partial charge in [-0.1, -0.05) is 0 Å². The fourth-order valence-corrected chi connectivity index (χ4v) is 2.90. The van der Waals surface area contributed by atoms with E-state index < -0.39 is 0 Å². The van der Waals surface area contributed by atoms with Gasteiger partial charge in [-0.05, 0) is 12.8 Å². The third-order valence-corrected chi connectivity index (χ3v) is 4.21. The molecule has 3 heterocycles. The number of rotatable bonds is 3. The minimum absolute atomic E-state index is 0.0157. The highest BCUT2D eigenvalue weighted by molar-refractivity contribution is 5.80. The SMILES string of the molecule is N=C1NCC2(CCN(C(=O)CCn3ccnc3)CC2)N1. The van der Waals surface area contributed by atoms with Crippen LogP contribution in [-0.2, 0) is 11.3 Å². The van der Waals surface area contributed by atoms with Crippen molar-refractivity contribution < 1.29 is 4.79 Å². The zero-order valence-electron chi connectivity index (χ0n) is 11.4. The third kappa shape index (κ3) is 2.61. The Morgan fingerprint density at radius 1 is 1.45 bits per heavy atom. The molecule has 0 aromatic carbocycles. The monoisotopic (exact) mass is 276 g/mol. The standard InChI is InChI=1S/C13H20N6O/c14-12-16-9-13(17-12)2-6-19(7-3-13)11(20)1-5-18-8-4-15-10-18/h4,8,10H,1-3,5-7,9H2,(H3,14,16,17). The van der Waals surface area contributed by atoms with E-state index in [2.05, 4.69) is 15.6 Å². The van der Waals surface area contributed by atoms with E-state index in [4.69, 9.17) is 5.41 Å². The minimum atomic E-state index is -0.0157. The van der Waals surface area contributed by atoms with E-state index in [1.54, 1.807) is 12.5 Å². The Balaban J connectivity index is 1.48. The summed E-state index contributed by atoms with van der Waals surface area (Å²) in [5.41, 5.74) is -0.0157. The van der Waals surface area contributed by atoms with Gasteiger partial charge in [-0.25, -0.2) is 4.98 Å². The van der Waals surface area contributed by atoms with Crippen molar-refractivity contribution >= 4 is 11.9 Å². The summed E-state index contributed by atoms with van der Waals surface area (Å²) in [6.45, 7) is 3.02. The molecule has 3 rings (SSSR count). The van der Waals surface area contributed by atoms with Gasteiger partial charge in [-0.3, -0.25) is 10.2 Å². The van der Waals surface area contributed by atoms with Gasteiger partial charge in [0.25, 0.3) is 0 Å². The lowest BCUT2D eigenvalue weighted by Crippen LogP contribution is -2.53. The molecule has 2 saturated heterocycles. The molecule has 2 fully saturated rings. The number of guanidine groups is 1. The van der Waals surface area contributed by atoms with Crippen LogP contribution in [0.25, 0.3) is 0 Å². The zero-order valence-corrected chi connectivity index (χ0v) is 11.4. The molecule has 0 aliphatic carbocycles. The number of nitrogens with one attached hydrogen (secondary N) is 3. The maximum atomic E-state index is 12.2. The van der Waals surface area contributed by atoms with Crippen LogP contribution in [-0.4, -0.2) is 51.5 Å². The molecule has 108 valence electrons. The number of aromatic nitrogens is 2. The highest BCUT2D eigenvalue weighted by Gasteiger charge is 2.39. The molecule has 1 aromatic rings. The van der Waals surface area contributed by atoms with Crippen LogP contribution >= 0.6 is 0 Å². The number of hydrogen-bond donors (Lipinski definition) is 3. The second-order valence-corrected chi connectivity index (χ2v) is 5.57. The molecule has 2 aliphatic heterocycles. The highest BCUT2D eigenvalue weighted by Crippen LogP contribution is 2.24. The molecule has 3 N–H and O–H groups in total. The van der Waals surface area contributed by atoms with Crippen LogP contribution in [0.1, 0.15) is 19.3 Å². The molecule has 7 heteroatoms. The maximum Gasteiger partial charge on any atom is 0.224 e. The Morgan fingerprint density at radius 2 is 2.25 bits per heavy atom. The predicted octanol–water partition coefficient (Wildman–Crippen LogP) is -0.238. The second kappa shape index (κ2) is 5.15. The molecular formula is C13H20N6O. The van der Waals surface area contributed by atoms with Crippen LogP contribution in [0.4, 0.5) is 0 Å². The predicted molar refractivity (Wildman–Crippen MR) is 74.3 cm³/mol. The lowest BCUT2D eigenvalue weighted by Gasteiger charge is -2.38. The minimum Gasteiger partial charge on any atom is -0.354 e. The quantitative estimate of drug-likeness (QED) is 0.711. The van der Waals surface area contributed by atoms with Crippen LogP contribution in [0, 0.1) is 5.41 Å². The summed E-state index contributed by atoms with van der Waals surface area (Å²) < 4.78 is 1.92. The molecule has 20 heavy (non-hydrogen) atoms. The van der Waals surface area contributed by atoms with E-state index >= 15 is 0 Å². The van der Waals surface area contributed by atoms with E-state index in [0.717, 1.165) is 32.5 Å². The fourth-order valence-electron chi connectivity index (χ4n) is 2.90. The molecule has 0 atom stereocenters. The van der Waals surface area contributed by atoms with Gasteiger partial charge in [-0.15, -0.1) is 0 Å². The first kappa shape index (κ1) is 13.0. The van der Waals surface area contributed by atoms with Gasteiger partial charge in [0.15, 0.2) is 5.96 Å². The van der Waals surface area contributed by atoms with Crippen molar-refractivity contribution in [1.29, 1.82) is 5.41 Å². The first-order valence-electron chi connectivity index (χ1n) is 7.01. The third-order valence-electron chi connectivity index (χ3n) is 4.21. The van der Waals surface area contributed by atoms with Crippen molar-refractivity contribution in [3.8, 4) is 0 Å². The molecule has 7 nitrogen and oxygen atoms in total. The van der Waals surface area contributed by atoms with E-state index in [1.807, 2.05) is 15.7 Å². The number of nitrogens with zero attached hydrogens (tertiary/aromatic N) is 3. The molecule has 1 amide bonds. The summed E-state index contributed by atoms with van der Waals surface area (Å²) in [6, 6.07) is 0. The summed E-state index contributed by atoms with van der Waals surface area (Å²) in [4.78, 5) is 18.1. The Labute approximate surface area is 117 Å². The van der Waals surface area contributed by atoms with Crippen LogP contribution < -0.4 is 10.6 Å². The summed E-state index contributed by atoms with van der Waals surface area (Å²) in [5, 5.41) is 13.8. The lowest BCUT2D eigenvalue weighted by molar-refractivity contribution is -0.133. The van der Waals surface area contributed by atoms with Gasteiger partial charge in [0, 0.05) is 45.0 Å². The van der Waals surface area contributed by atoms with Crippen molar-refractivity contribution in [3.63, 3.8) is 0 Å². The van der Waals surface area contributed by atoms with Crippen molar-refractivity contribution in [1.82, 2.24) is 25.1 Å². The average Bonchev–Trinajstić information content (AvgIpc) is 3.08. The molecule has 0 radical (unpaired) electrons. The number of piperidine rings is 1. The molecule has 0 unspecified atom stereocenters. The number of amides is 1. The average molecular weight is 276 g/mol. The van der Waals surface area contributed by atoms with Gasteiger partial charge in [-0.2, -0.15) is 0 Å². The molecule has 1 spiro atoms. The summed E-state index contributed by atoms with van der Waals surface area (Å²) in [7, 11) is 0. The first-order valence-corrected chi connectivity index (χ1v) is 7.01. The fraction of sp³-hybridized carbons (Fsp3) is 0.615. The summed E-state index contributed by atoms with van der Waals surface area (Å²) in [6.07, 6.45) is 7.66. The molecule has 0 saturated carbocycles. The van der Waals surface area contributed by atoms with Crippen LogP contribution in [0.2, 0.25) is 0 Å². The normalized spacial score (nSPS) is 20.8. The molecular weight excluding hydrogens is 256 g/mol. The largest absolute Gasteiger partial charge is 0.354 e. The lowest BCUT2D eigenvalue weighted by atomic mass is 9.88. The van der Waals surface area contributed by atoms with E-state index in [1.165, 1.54) is 0 Å². The van der Waals surface area contributed by atoms with E-state index in [9.17, 15) is 4.79 Å².